The van der Waals surface area contributed by atoms with Crippen LogP contribution in [0.3, 0.4) is 0 Å². The molecule has 1 fully saturated rings. The van der Waals surface area contributed by atoms with E-state index in [0.717, 1.165) is 30.5 Å². The number of rotatable bonds is 2. The molecule has 1 saturated heterocycles. The molecule has 3 rings (SSSR count). The molecule has 2 aliphatic rings. The molecule has 2 atom stereocenters. The van der Waals surface area contributed by atoms with Gasteiger partial charge in [0.05, 0.1) is 18.3 Å². The Hall–Kier alpha value is -1.98. The second kappa shape index (κ2) is 4.60. The Labute approximate surface area is 111 Å². The lowest BCUT2D eigenvalue weighted by atomic mass is 9.99. The normalized spacial score (nSPS) is 23.9. The number of amides is 2. The number of aromatic nitrogens is 2. The smallest absolute Gasteiger partial charge is 0.242 e. The topological polar surface area (TPSA) is 75.2 Å². The van der Waals surface area contributed by atoms with Crippen LogP contribution in [-0.4, -0.2) is 39.3 Å². The van der Waals surface area contributed by atoms with Crippen LogP contribution in [0.15, 0.2) is 12.5 Å². The summed E-state index contributed by atoms with van der Waals surface area (Å²) in [5, 5.41) is 2.57. The van der Waals surface area contributed by atoms with E-state index in [4.69, 9.17) is 0 Å². The molecule has 0 aliphatic carbocycles. The molecular weight excluding hydrogens is 244 g/mol. The molecule has 6 heteroatoms. The van der Waals surface area contributed by atoms with Crippen LogP contribution in [-0.2, 0) is 16.0 Å². The van der Waals surface area contributed by atoms with E-state index >= 15 is 0 Å². The summed E-state index contributed by atoms with van der Waals surface area (Å²) >= 11 is 0. The van der Waals surface area contributed by atoms with Gasteiger partial charge in [-0.15, -0.1) is 0 Å². The lowest BCUT2D eigenvalue weighted by Gasteiger charge is -2.35. The number of nitrogens with zero attached hydrogens (tertiary/aromatic N) is 3. The first-order valence-corrected chi connectivity index (χ1v) is 6.51. The van der Waals surface area contributed by atoms with Gasteiger partial charge in [0.25, 0.3) is 0 Å². The number of hydrogen-bond donors (Lipinski definition) is 1. The average Bonchev–Trinajstić information content (AvgIpc) is 2.72. The summed E-state index contributed by atoms with van der Waals surface area (Å²) in [6.45, 7) is 1.49. The average molecular weight is 260 g/mol. The highest BCUT2D eigenvalue weighted by molar-refractivity contribution is 5.84. The summed E-state index contributed by atoms with van der Waals surface area (Å²) in [5.74, 6) is -0.196. The SMILES string of the molecule is CC(=O)NCC(=O)N1C2CCC1c1cncnc1C2. The highest BCUT2D eigenvalue weighted by Gasteiger charge is 2.42. The van der Waals surface area contributed by atoms with Crippen molar-refractivity contribution in [1.29, 1.82) is 0 Å². The van der Waals surface area contributed by atoms with Gasteiger partial charge in [0.2, 0.25) is 11.8 Å². The minimum Gasteiger partial charge on any atom is -0.347 e. The van der Waals surface area contributed by atoms with Crippen molar-refractivity contribution in [2.45, 2.75) is 38.3 Å². The largest absolute Gasteiger partial charge is 0.347 e. The third-order valence-corrected chi connectivity index (χ3v) is 3.89. The second-order valence-corrected chi connectivity index (χ2v) is 5.09. The van der Waals surface area contributed by atoms with Crippen LogP contribution in [0.4, 0.5) is 0 Å². The number of nitrogens with one attached hydrogen (secondary N) is 1. The molecule has 3 heterocycles. The Bertz CT molecular complexity index is 531. The number of fused-ring (bicyclic) bond motifs is 4. The summed E-state index contributed by atoms with van der Waals surface area (Å²) in [6, 6.07) is 0.296. The summed E-state index contributed by atoms with van der Waals surface area (Å²) in [7, 11) is 0. The highest BCUT2D eigenvalue weighted by atomic mass is 16.2. The molecule has 2 aliphatic heterocycles. The number of carbonyl (C=O) groups is 2. The zero-order chi connectivity index (χ0) is 13.4. The van der Waals surface area contributed by atoms with E-state index in [1.54, 1.807) is 6.33 Å². The number of hydrogen-bond acceptors (Lipinski definition) is 4. The minimum atomic E-state index is -0.179. The first-order chi connectivity index (χ1) is 9.16. The summed E-state index contributed by atoms with van der Waals surface area (Å²) in [4.78, 5) is 33.4. The van der Waals surface area contributed by atoms with E-state index in [9.17, 15) is 9.59 Å². The molecule has 6 nitrogen and oxygen atoms in total. The molecule has 100 valence electrons. The summed E-state index contributed by atoms with van der Waals surface area (Å²) in [5.41, 5.74) is 2.12. The maximum atomic E-state index is 12.2. The van der Waals surface area contributed by atoms with Crippen molar-refractivity contribution >= 4 is 11.8 Å². The fourth-order valence-corrected chi connectivity index (χ4v) is 3.10. The van der Waals surface area contributed by atoms with E-state index in [1.807, 2.05) is 11.1 Å². The molecule has 0 aromatic carbocycles. The van der Waals surface area contributed by atoms with Gasteiger partial charge >= 0.3 is 0 Å². The molecule has 2 bridgehead atoms. The van der Waals surface area contributed by atoms with Crippen molar-refractivity contribution in [1.82, 2.24) is 20.2 Å². The lowest BCUT2D eigenvalue weighted by Crippen LogP contribution is -2.46. The van der Waals surface area contributed by atoms with E-state index in [2.05, 4.69) is 15.3 Å². The highest BCUT2D eigenvalue weighted by Crippen LogP contribution is 2.42. The quantitative estimate of drug-likeness (QED) is 0.824. The van der Waals surface area contributed by atoms with Crippen molar-refractivity contribution in [3.63, 3.8) is 0 Å². The van der Waals surface area contributed by atoms with Gasteiger partial charge in [-0.25, -0.2) is 9.97 Å². The van der Waals surface area contributed by atoms with Crippen molar-refractivity contribution in [3.8, 4) is 0 Å². The van der Waals surface area contributed by atoms with Gasteiger partial charge in [0, 0.05) is 31.1 Å². The zero-order valence-electron chi connectivity index (χ0n) is 10.8. The Balaban J connectivity index is 1.82. The standard InChI is InChI=1S/C13H16N4O2/c1-8(18)15-6-13(19)17-9-2-3-12(17)10-5-14-7-16-11(10)4-9/h5,7,9,12H,2-4,6H2,1H3,(H,15,18). The molecule has 1 aromatic heterocycles. The minimum absolute atomic E-state index is 0.0165. The monoisotopic (exact) mass is 260 g/mol. The van der Waals surface area contributed by atoms with Gasteiger partial charge in [-0.1, -0.05) is 0 Å². The van der Waals surface area contributed by atoms with Gasteiger partial charge in [-0.05, 0) is 12.8 Å². The maximum Gasteiger partial charge on any atom is 0.242 e. The maximum absolute atomic E-state index is 12.2. The van der Waals surface area contributed by atoms with Gasteiger partial charge in [0.15, 0.2) is 0 Å². The Kier molecular flexibility index (Phi) is 2.93. The van der Waals surface area contributed by atoms with E-state index < -0.39 is 0 Å². The molecular formula is C13H16N4O2. The van der Waals surface area contributed by atoms with Gasteiger partial charge < -0.3 is 10.2 Å². The lowest BCUT2D eigenvalue weighted by molar-refractivity contribution is -0.135. The predicted octanol–water partition coefficient (Wildman–Crippen LogP) is 0.201. The van der Waals surface area contributed by atoms with Crippen LogP contribution in [0.1, 0.15) is 37.1 Å². The molecule has 0 radical (unpaired) electrons. The Morgan fingerprint density at radius 3 is 3.11 bits per heavy atom. The van der Waals surface area contributed by atoms with E-state index in [-0.39, 0.29) is 30.4 Å². The van der Waals surface area contributed by atoms with Crippen molar-refractivity contribution in [3.05, 3.63) is 23.8 Å². The Morgan fingerprint density at radius 1 is 1.47 bits per heavy atom. The van der Waals surface area contributed by atoms with Crippen LogP contribution < -0.4 is 5.32 Å². The molecule has 2 amide bonds. The van der Waals surface area contributed by atoms with E-state index in [1.165, 1.54) is 6.92 Å². The van der Waals surface area contributed by atoms with Crippen molar-refractivity contribution < 1.29 is 9.59 Å². The third-order valence-electron chi connectivity index (χ3n) is 3.89. The summed E-state index contributed by atoms with van der Waals surface area (Å²) < 4.78 is 0. The van der Waals surface area contributed by atoms with Crippen molar-refractivity contribution in [2.75, 3.05) is 6.54 Å². The first kappa shape index (κ1) is 12.1. The second-order valence-electron chi connectivity index (χ2n) is 5.09. The molecule has 0 saturated carbocycles. The van der Waals surface area contributed by atoms with Gasteiger partial charge in [0.1, 0.15) is 6.33 Å². The van der Waals surface area contributed by atoms with E-state index in [0.29, 0.717) is 0 Å². The predicted molar refractivity (Wildman–Crippen MR) is 67.0 cm³/mol. The molecule has 2 unspecified atom stereocenters. The Morgan fingerprint density at radius 2 is 2.32 bits per heavy atom. The van der Waals surface area contributed by atoms with Crippen LogP contribution in [0.2, 0.25) is 0 Å². The van der Waals surface area contributed by atoms with Crippen LogP contribution >= 0.6 is 0 Å². The van der Waals surface area contributed by atoms with Crippen LogP contribution in [0.25, 0.3) is 0 Å². The molecule has 19 heavy (non-hydrogen) atoms. The zero-order valence-corrected chi connectivity index (χ0v) is 10.8. The van der Waals surface area contributed by atoms with Crippen LogP contribution in [0.5, 0.6) is 0 Å². The fourth-order valence-electron chi connectivity index (χ4n) is 3.10. The molecule has 0 spiro atoms. The fraction of sp³-hybridized carbons (Fsp3) is 0.538. The van der Waals surface area contributed by atoms with Gasteiger partial charge in [-0.3, -0.25) is 9.59 Å². The third kappa shape index (κ3) is 2.07. The van der Waals surface area contributed by atoms with Gasteiger partial charge in [-0.2, -0.15) is 0 Å². The number of carbonyl (C=O) groups excluding carboxylic acids is 2. The summed E-state index contributed by atoms with van der Waals surface area (Å²) in [6.07, 6.45) is 6.12. The molecule has 1 N–H and O–H groups in total. The van der Waals surface area contributed by atoms with Crippen molar-refractivity contribution in [2.24, 2.45) is 0 Å². The molecule has 1 aromatic rings. The van der Waals surface area contributed by atoms with Crippen LogP contribution in [0, 0.1) is 0 Å². The first-order valence-electron chi connectivity index (χ1n) is 6.51.